The maximum absolute atomic E-state index is 11.9. The maximum atomic E-state index is 11.9. The van der Waals surface area contributed by atoms with Crippen molar-refractivity contribution in [3.8, 4) is 0 Å². The van der Waals surface area contributed by atoms with E-state index in [0.717, 1.165) is 0 Å². The Labute approximate surface area is 104 Å². The van der Waals surface area contributed by atoms with E-state index in [9.17, 15) is 4.79 Å². The summed E-state index contributed by atoms with van der Waals surface area (Å²) in [6, 6.07) is 7.33. The first-order chi connectivity index (χ1) is 8.65. The Morgan fingerprint density at radius 3 is 2.83 bits per heavy atom. The largest absolute Gasteiger partial charge is 0.461 e. The van der Waals surface area contributed by atoms with Gasteiger partial charge in [0.25, 0.3) is 0 Å². The summed E-state index contributed by atoms with van der Waals surface area (Å²) in [5, 5.41) is 7.93. The first kappa shape index (κ1) is 12.1. The second-order valence-electron chi connectivity index (χ2n) is 3.74. The lowest BCUT2D eigenvalue weighted by Crippen LogP contribution is -2.18. The van der Waals surface area contributed by atoms with E-state index in [1.165, 1.54) is 4.68 Å². The molecule has 0 aliphatic carbocycles. The number of rotatable bonds is 3. The molecule has 2 rings (SSSR count). The average molecular weight is 246 g/mol. The van der Waals surface area contributed by atoms with Gasteiger partial charge >= 0.3 is 5.97 Å². The molecule has 0 aliphatic rings. The molecule has 2 N–H and O–H groups in total. The number of aromatic nitrogens is 3. The van der Waals surface area contributed by atoms with Crippen molar-refractivity contribution in [1.29, 1.82) is 0 Å². The van der Waals surface area contributed by atoms with Crippen molar-refractivity contribution in [1.82, 2.24) is 15.0 Å². The molecule has 1 aromatic heterocycles. The van der Waals surface area contributed by atoms with E-state index in [1.54, 1.807) is 13.8 Å². The fraction of sp³-hybridized carbons (Fsp3) is 0.250. The van der Waals surface area contributed by atoms with Crippen molar-refractivity contribution in [2.45, 2.75) is 13.8 Å². The van der Waals surface area contributed by atoms with Crippen LogP contribution in [-0.4, -0.2) is 27.6 Å². The zero-order valence-electron chi connectivity index (χ0n) is 10.3. The molecule has 18 heavy (non-hydrogen) atoms. The second-order valence-corrected chi connectivity index (χ2v) is 3.74. The van der Waals surface area contributed by atoms with Crippen molar-refractivity contribution in [3.05, 3.63) is 30.0 Å². The number of ether oxygens (including phenoxy) is 1. The molecular weight excluding hydrogens is 232 g/mol. The molecule has 0 saturated carbocycles. The molecule has 6 nitrogen and oxygen atoms in total. The number of esters is 1. The summed E-state index contributed by atoms with van der Waals surface area (Å²) in [4.78, 5) is 11.9. The van der Waals surface area contributed by atoms with E-state index < -0.39 is 5.97 Å². The van der Waals surface area contributed by atoms with E-state index in [2.05, 4.69) is 10.3 Å². The molecule has 0 amide bonds. The fourth-order valence-electron chi connectivity index (χ4n) is 1.65. The van der Waals surface area contributed by atoms with Gasteiger partial charge in [-0.2, -0.15) is 0 Å². The Hall–Kier alpha value is -2.37. The van der Waals surface area contributed by atoms with Gasteiger partial charge in [0, 0.05) is 5.70 Å². The average Bonchev–Trinajstić information content (AvgIpc) is 2.74. The number of nitrogens with zero attached hydrogens (tertiary/aromatic N) is 3. The highest BCUT2D eigenvalue weighted by atomic mass is 16.5. The Morgan fingerprint density at radius 2 is 2.17 bits per heavy atom. The van der Waals surface area contributed by atoms with Gasteiger partial charge in [0.15, 0.2) is 5.70 Å². The summed E-state index contributed by atoms with van der Waals surface area (Å²) in [6.07, 6.45) is 0. The number of carbonyl (C=O) groups is 1. The Morgan fingerprint density at radius 1 is 1.44 bits per heavy atom. The van der Waals surface area contributed by atoms with Crippen LogP contribution in [0.5, 0.6) is 0 Å². The molecule has 1 aromatic carbocycles. The van der Waals surface area contributed by atoms with Gasteiger partial charge in [-0.05, 0) is 26.0 Å². The van der Waals surface area contributed by atoms with Gasteiger partial charge in [-0.3, -0.25) is 0 Å². The van der Waals surface area contributed by atoms with Crippen LogP contribution in [0.15, 0.2) is 30.0 Å². The Bertz CT molecular complexity index is 611. The van der Waals surface area contributed by atoms with Crippen molar-refractivity contribution < 1.29 is 9.53 Å². The predicted octanol–water partition coefficient (Wildman–Crippen LogP) is 1.14. The topological polar surface area (TPSA) is 83.0 Å². The zero-order valence-corrected chi connectivity index (χ0v) is 10.3. The summed E-state index contributed by atoms with van der Waals surface area (Å²) in [6.45, 7) is 3.64. The molecule has 0 aliphatic heterocycles. The molecule has 0 atom stereocenters. The molecule has 0 unspecified atom stereocenters. The molecule has 6 heteroatoms. The highest BCUT2D eigenvalue weighted by Gasteiger charge is 2.19. The summed E-state index contributed by atoms with van der Waals surface area (Å²) < 4.78 is 6.38. The minimum absolute atomic E-state index is 0.200. The summed E-state index contributed by atoms with van der Waals surface area (Å²) in [7, 11) is 0. The third kappa shape index (κ3) is 2.04. The first-order valence-corrected chi connectivity index (χ1v) is 5.59. The molecular formula is C12H14N4O2. The zero-order chi connectivity index (χ0) is 13.1. The van der Waals surface area contributed by atoms with Gasteiger partial charge in [0.1, 0.15) is 5.52 Å². The number of para-hydroxylation sites is 1. The third-order valence-corrected chi connectivity index (χ3v) is 2.41. The van der Waals surface area contributed by atoms with Crippen LogP contribution in [0.25, 0.3) is 16.7 Å². The number of hydrogen-bond acceptors (Lipinski definition) is 5. The monoisotopic (exact) mass is 246 g/mol. The number of nitrogens with two attached hydrogens (primary N) is 1. The van der Waals surface area contributed by atoms with Crippen molar-refractivity contribution in [3.63, 3.8) is 0 Å². The number of carbonyl (C=O) groups excluding carboxylic acids is 1. The normalized spacial score (nSPS) is 12.3. The molecule has 0 radical (unpaired) electrons. The van der Waals surface area contributed by atoms with Crippen LogP contribution in [0.2, 0.25) is 0 Å². The van der Waals surface area contributed by atoms with Crippen LogP contribution in [-0.2, 0) is 9.53 Å². The summed E-state index contributed by atoms with van der Waals surface area (Å²) in [5.74, 6) is -0.506. The van der Waals surface area contributed by atoms with Gasteiger partial charge in [-0.25, -0.2) is 9.48 Å². The number of hydrogen-bond donors (Lipinski definition) is 1. The summed E-state index contributed by atoms with van der Waals surface area (Å²) >= 11 is 0. The maximum Gasteiger partial charge on any atom is 0.358 e. The minimum Gasteiger partial charge on any atom is -0.461 e. The van der Waals surface area contributed by atoms with Gasteiger partial charge < -0.3 is 10.5 Å². The van der Waals surface area contributed by atoms with Gasteiger partial charge in [-0.15, -0.1) is 5.10 Å². The highest BCUT2D eigenvalue weighted by Crippen LogP contribution is 2.17. The molecule has 0 saturated heterocycles. The fourth-order valence-corrected chi connectivity index (χ4v) is 1.65. The van der Waals surface area contributed by atoms with E-state index >= 15 is 0 Å². The van der Waals surface area contributed by atoms with E-state index in [0.29, 0.717) is 16.7 Å². The molecule has 1 heterocycles. The standard InChI is InChI=1S/C12H14N4O2/c1-3-18-12(17)11(8(2)13)16-10-7-5-4-6-9(10)14-15-16/h4-7H,3,13H2,1-2H3/b11-8+. The van der Waals surface area contributed by atoms with E-state index in [-0.39, 0.29) is 12.3 Å². The van der Waals surface area contributed by atoms with Crippen LogP contribution in [0.3, 0.4) is 0 Å². The minimum atomic E-state index is -0.506. The smallest absolute Gasteiger partial charge is 0.358 e. The van der Waals surface area contributed by atoms with Gasteiger partial charge in [-0.1, -0.05) is 17.3 Å². The van der Waals surface area contributed by atoms with Crippen LogP contribution in [0.4, 0.5) is 0 Å². The lowest BCUT2D eigenvalue weighted by atomic mass is 10.3. The van der Waals surface area contributed by atoms with E-state index in [4.69, 9.17) is 10.5 Å². The molecule has 94 valence electrons. The lowest BCUT2D eigenvalue weighted by molar-refractivity contribution is -0.136. The SMILES string of the molecule is CCOC(=O)/C(=C(/C)N)n1nnc2ccccc21. The van der Waals surface area contributed by atoms with Gasteiger partial charge in [0.05, 0.1) is 12.1 Å². The quantitative estimate of drug-likeness (QED) is 0.648. The van der Waals surface area contributed by atoms with Crippen molar-refractivity contribution in [2.75, 3.05) is 6.61 Å². The molecule has 0 fully saturated rings. The summed E-state index contributed by atoms with van der Waals surface area (Å²) in [5.41, 5.74) is 7.69. The predicted molar refractivity (Wildman–Crippen MR) is 67.2 cm³/mol. The van der Waals surface area contributed by atoms with Crippen LogP contribution < -0.4 is 5.73 Å². The molecule has 2 aromatic rings. The molecule has 0 spiro atoms. The van der Waals surface area contributed by atoms with Gasteiger partial charge in [0.2, 0.25) is 0 Å². The highest BCUT2D eigenvalue weighted by molar-refractivity contribution is 6.12. The van der Waals surface area contributed by atoms with Crippen LogP contribution >= 0.6 is 0 Å². The number of allylic oxidation sites excluding steroid dienone is 1. The number of fused-ring (bicyclic) bond motifs is 1. The van der Waals surface area contributed by atoms with Crippen LogP contribution in [0, 0.1) is 0 Å². The van der Waals surface area contributed by atoms with Crippen molar-refractivity contribution >= 4 is 22.7 Å². The first-order valence-electron chi connectivity index (χ1n) is 5.59. The van der Waals surface area contributed by atoms with Crippen molar-refractivity contribution in [2.24, 2.45) is 5.73 Å². The number of benzene rings is 1. The van der Waals surface area contributed by atoms with Crippen LogP contribution in [0.1, 0.15) is 13.8 Å². The molecule has 0 bridgehead atoms. The third-order valence-electron chi connectivity index (χ3n) is 2.41. The lowest BCUT2D eigenvalue weighted by Gasteiger charge is -2.08. The Balaban J connectivity index is 2.57. The van der Waals surface area contributed by atoms with E-state index in [1.807, 2.05) is 24.3 Å². The Kier molecular flexibility index (Phi) is 3.27. The second kappa shape index (κ2) is 4.87.